The van der Waals surface area contributed by atoms with Gasteiger partial charge in [-0.2, -0.15) is 0 Å². The molecular weight excluding hydrogens is 255 g/mol. The van der Waals surface area contributed by atoms with Crippen LogP contribution in [0.3, 0.4) is 0 Å². The van der Waals surface area contributed by atoms with E-state index in [4.69, 9.17) is 0 Å². The van der Waals surface area contributed by atoms with Gasteiger partial charge in [-0.15, -0.1) is 0 Å². The van der Waals surface area contributed by atoms with E-state index in [1.54, 1.807) is 0 Å². The molecule has 0 spiro atoms. The number of halogens is 1. The van der Waals surface area contributed by atoms with Crippen molar-refractivity contribution in [1.29, 1.82) is 0 Å². The minimum Gasteiger partial charge on any atom is -0.316 e. The third kappa shape index (κ3) is 3.07. The highest BCUT2D eigenvalue weighted by molar-refractivity contribution is 7.89. The van der Waals surface area contributed by atoms with Gasteiger partial charge in [0.25, 0.3) is 0 Å². The lowest BCUT2D eigenvalue weighted by Gasteiger charge is -2.19. The summed E-state index contributed by atoms with van der Waals surface area (Å²) in [5.74, 6) is -0.263. The van der Waals surface area contributed by atoms with E-state index < -0.39 is 15.8 Å². The van der Waals surface area contributed by atoms with E-state index in [0.717, 1.165) is 25.6 Å². The molecule has 1 aliphatic rings. The molecule has 2 N–H and O–H groups in total. The molecule has 2 atom stereocenters. The summed E-state index contributed by atoms with van der Waals surface area (Å²) < 4.78 is 39.7. The molecule has 2 rings (SSSR count). The van der Waals surface area contributed by atoms with E-state index in [2.05, 4.69) is 10.0 Å². The number of sulfonamides is 1. The maximum atomic E-state index is 13.0. The van der Waals surface area contributed by atoms with Gasteiger partial charge >= 0.3 is 0 Å². The SMILES string of the molecule is CC(NS(=O)(=O)c1cccc(F)c1)C1CCNC1. The number of benzene rings is 1. The van der Waals surface area contributed by atoms with Crippen LogP contribution in [0.25, 0.3) is 0 Å². The Bertz CT molecular complexity index is 513. The Hall–Kier alpha value is -0.980. The van der Waals surface area contributed by atoms with Crippen molar-refractivity contribution in [3.05, 3.63) is 30.1 Å². The van der Waals surface area contributed by atoms with Crippen molar-refractivity contribution in [2.24, 2.45) is 5.92 Å². The Labute approximate surface area is 107 Å². The predicted octanol–water partition coefficient (Wildman–Crippen LogP) is 1.10. The van der Waals surface area contributed by atoms with E-state index in [1.807, 2.05) is 6.92 Å². The fourth-order valence-electron chi connectivity index (χ4n) is 2.15. The second kappa shape index (κ2) is 5.34. The van der Waals surface area contributed by atoms with Crippen molar-refractivity contribution in [2.45, 2.75) is 24.3 Å². The van der Waals surface area contributed by atoms with Crippen LogP contribution in [-0.2, 0) is 10.0 Å². The third-order valence-electron chi connectivity index (χ3n) is 3.25. The Balaban J connectivity index is 2.11. The van der Waals surface area contributed by atoms with Gasteiger partial charge in [-0.3, -0.25) is 0 Å². The first-order valence-corrected chi connectivity index (χ1v) is 7.46. The zero-order valence-electron chi connectivity index (χ0n) is 10.2. The number of hydrogen-bond acceptors (Lipinski definition) is 3. The highest BCUT2D eigenvalue weighted by Gasteiger charge is 2.26. The zero-order valence-corrected chi connectivity index (χ0v) is 11.0. The Morgan fingerprint density at radius 3 is 2.89 bits per heavy atom. The van der Waals surface area contributed by atoms with Crippen LogP contribution >= 0.6 is 0 Å². The summed E-state index contributed by atoms with van der Waals surface area (Å²) in [5.41, 5.74) is 0. The van der Waals surface area contributed by atoms with Gasteiger partial charge in [-0.25, -0.2) is 17.5 Å². The summed E-state index contributed by atoms with van der Waals surface area (Å²) in [4.78, 5) is -0.0275. The van der Waals surface area contributed by atoms with Crippen LogP contribution in [0.2, 0.25) is 0 Å². The Kier molecular flexibility index (Phi) is 3.99. The van der Waals surface area contributed by atoms with Crippen molar-refractivity contribution in [3.8, 4) is 0 Å². The molecule has 100 valence electrons. The average molecular weight is 272 g/mol. The molecule has 1 heterocycles. The van der Waals surface area contributed by atoms with Crippen LogP contribution in [-0.4, -0.2) is 27.5 Å². The average Bonchev–Trinajstić information content (AvgIpc) is 2.82. The van der Waals surface area contributed by atoms with Crippen molar-refractivity contribution in [2.75, 3.05) is 13.1 Å². The molecule has 0 radical (unpaired) electrons. The van der Waals surface area contributed by atoms with Gasteiger partial charge in [0.1, 0.15) is 5.82 Å². The highest BCUT2D eigenvalue weighted by atomic mass is 32.2. The largest absolute Gasteiger partial charge is 0.316 e. The minimum atomic E-state index is -3.64. The topological polar surface area (TPSA) is 58.2 Å². The van der Waals surface area contributed by atoms with Crippen LogP contribution < -0.4 is 10.0 Å². The molecule has 0 saturated carbocycles. The smallest absolute Gasteiger partial charge is 0.240 e. The molecule has 1 saturated heterocycles. The lowest BCUT2D eigenvalue weighted by atomic mass is 10.0. The molecule has 18 heavy (non-hydrogen) atoms. The summed E-state index contributed by atoms with van der Waals surface area (Å²) in [6.07, 6.45) is 0.951. The fraction of sp³-hybridized carbons (Fsp3) is 0.500. The molecular formula is C12H17FN2O2S. The van der Waals surface area contributed by atoms with Gasteiger partial charge in [-0.05, 0) is 50.6 Å². The monoisotopic (exact) mass is 272 g/mol. The first kappa shape index (κ1) is 13.5. The summed E-state index contributed by atoms with van der Waals surface area (Å²) in [6.45, 7) is 3.57. The molecule has 4 nitrogen and oxygen atoms in total. The first-order valence-electron chi connectivity index (χ1n) is 5.97. The lowest BCUT2D eigenvalue weighted by molar-refractivity contribution is 0.444. The fourth-order valence-corrected chi connectivity index (χ4v) is 3.49. The van der Waals surface area contributed by atoms with Crippen molar-refractivity contribution < 1.29 is 12.8 Å². The van der Waals surface area contributed by atoms with Crippen LogP contribution in [0.1, 0.15) is 13.3 Å². The van der Waals surface area contributed by atoms with Crippen LogP contribution in [0.5, 0.6) is 0 Å². The zero-order chi connectivity index (χ0) is 13.2. The van der Waals surface area contributed by atoms with Crippen molar-refractivity contribution in [1.82, 2.24) is 10.0 Å². The maximum Gasteiger partial charge on any atom is 0.240 e. The normalized spacial score (nSPS) is 22.0. The van der Waals surface area contributed by atoms with Crippen LogP contribution in [0, 0.1) is 11.7 Å². The highest BCUT2D eigenvalue weighted by Crippen LogP contribution is 2.16. The van der Waals surface area contributed by atoms with Crippen LogP contribution in [0.15, 0.2) is 29.2 Å². The van der Waals surface area contributed by atoms with Gasteiger partial charge in [0.15, 0.2) is 0 Å². The molecule has 1 aliphatic heterocycles. The third-order valence-corrected chi connectivity index (χ3v) is 4.81. The van der Waals surface area contributed by atoms with E-state index in [9.17, 15) is 12.8 Å². The second-order valence-corrected chi connectivity index (χ2v) is 6.33. The van der Waals surface area contributed by atoms with Gasteiger partial charge in [0, 0.05) is 6.04 Å². The standard InChI is InChI=1S/C12H17FN2O2S/c1-9(10-5-6-14-8-10)15-18(16,17)12-4-2-3-11(13)7-12/h2-4,7,9-10,14-15H,5-6,8H2,1H3. The Morgan fingerprint density at radius 2 is 2.28 bits per heavy atom. The molecule has 0 bridgehead atoms. The van der Waals surface area contributed by atoms with E-state index >= 15 is 0 Å². The molecule has 0 aliphatic carbocycles. The van der Waals surface area contributed by atoms with Gasteiger partial charge in [0.05, 0.1) is 4.90 Å². The lowest BCUT2D eigenvalue weighted by Crippen LogP contribution is -2.38. The predicted molar refractivity (Wildman–Crippen MR) is 67.2 cm³/mol. The summed E-state index contributed by atoms with van der Waals surface area (Å²) in [6, 6.07) is 4.88. The molecule has 1 aromatic carbocycles. The maximum absolute atomic E-state index is 13.0. The number of nitrogens with one attached hydrogen (secondary N) is 2. The first-order chi connectivity index (χ1) is 8.49. The minimum absolute atomic E-state index is 0.0275. The van der Waals surface area contributed by atoms with E-state index in [-0.39, 0.29) is 16.9 Å². The quantitative estimate of drug-likeness (QED) is 0.863. The van der Waals surface area contributed by atoms with E-state index in [0.29, 0.717) is 0 Å². The number of rotatable bonds is 4. The molecule has 2 unspecified atom stereocenters. The summed E-state index contributed by atoms with van der Waals surface area (Å²) >= 11 is 0. The van der Waals surface area contributed by atoms with Crippen LogP contribution in [0.4, 0.5) is 4.39 Å². The van der Waals surface area contributed by atoms with Crippen molar-refractivity contribution >= 4 is 10.0 Å². The van der Waals surface area contributed by atoms with Gasteiger partial charge in [0.2, 0.25) is 10.0 Å². The molecule has 6 heteroatoms. The van der Waals surface area contributed by atoms with Gasteiger partial charge < -0.3 is 5.32 Å². The summed E-state index contributed by atoms with van der Waals surface area (Å²) in [5, 5.41) is 3.19. The van der Waals surface area contributed by atoms with Crippen molar-refractivity contribution in [3.63, 3.8) is 0 Å². The molecule has 0 aromatic heterocycles. The van der Waals surface area contributed by atoms with Gasteiger partial charge in [-0.1, -0.05) is 6.07 Å². The summed E-state index contributed by atoms with van der Waals surface area (Å²) in [7, 11) is -3.64. The van der Waals surface area contributed by atoms with E-state index in [1.165, 1.54) is 18.2 Å². The molecule has 1 fully saturated rings. The molecule has 1 aromatic rings. The number of hydrogen-bond donors (Lipinski definition) is 2. The molecule has 0 amide bonds. The Morgan fingerprint density at radius 1 is 1.50 bits per heavy atom. The second-order valence-electron chi connectivity index (χ2n) is 4.62.